The molecule has 0 unspecified atom stereocenters. The number of hydrogen-bond donors (Lipinski definition) is 0. The number of benzene rings is 2. The van der Waals surface area contributed by atoms with Crippen LogP contribution in [0.2, 0.25) is 0 Å². The van der Waals surface area contributed by atoms with Crippen LogP contribution in [0.3, 0.4) is 0 Å². The minimum atomic E-state index is -1.38. The van der Waals surface area contributed by atoms with E-state index in [0.717, 1.165) is 45.1 Å². The normalized spacial score (nSPS) is 11.4. The monoisotopic (exact) mass is 766 g/mol. The van der Waals surface area contributed by atoms with Crippen molar-refractivity contribution >= 4 is 66.7 Å². The molecule has 6 aromatic rings. The molecular weight excluding hydrogens is 725 g/mol. The maximum absolute atomic E-state index is 12.6. The number of fused-ring (bicyclic) bond motifs is 2. The fourth-order valence-electron chi connectivity index (χ4n) is 5.11. The van der Waals surface area contributed by atoms with Crippen LogP contribution in [0, 0.1) is 27.7 Å². The molecule has 0 saturated carbocycles. The summed E-state index contributed by atoms with van der Waals surface area (Å²) in [5, 5.41) is 0.609. The summed E-state index contributed by atoms with van der Waals surface area (Å²) in [6.07, 6.45) is 3.46. The van der Waals surface area contributed by atoms with Gasteiger partial charge < -0.3 is 55.3 Å². The van der Waals surface area contributed by atoms with E-state index in [-0.39, 0.29) is 51.0 Å². The fourth-order valence-corrected chi connectivity index (χ4v) is 7.24. The minimum absolute atomic E-state index is 0. The Morgan fingerprint density at radius 3 is 1.29 bits per heavy atom. The molecule has 0 aliphatic rings. The second-order valence-electron chi connectivity index (χ2n) is 10.8. The largest absolute Gasteiger partial charge is 2.00 e. The van der Waals surface area contributed by atoms with Gasteiger partial charge in [-0.25, -0.2) is 0 Å². The Labute approximate surface area is 322 Å². The van der Waals surface area contributed by atoms with E-state index < -0.39 is 21.6 Å². The van der Waals surface area contributed by atoms with Crippen molar-refractivity contribution in [2.75, 3.05) is 28.4 Å². The maximum Gasteiger partial charge on any atom is 2.00 e. The molecule has 15 nitrogen and oxygen atoms in total. The number of rotatable bonds is 10. The molecule has 6 N–H and O–H groups in total. The molecule has 0 saturated heterocycles. The Kier molecular flexibility index (Phi) is 17.8. The van der Waals surface area contributed by atoms with Gasteiger partial charge in [0.05, 0.1) is 72.9 Å². The first kappa shape index (κ1) is 45.8. The molecular formula is C34H42MgN6O9S2. The zero-order chi connectivity index (χ0) is 34.5. The standard InChI is InChI=1S/2C17H18N3O3S.Mg.3H2O/c2*1-10-8-18-15(11(2)16(10)23-4)9-24(21)17-19-13-6-5-12(22-3)7-14(13)20-17;;;;/h2*5-8H,9H2,1-4H3;;3*1H2/q2*-1;+2;;;/t2*24-;;;;/m00..../s1. The third kappa shape index (κ3) is 10.0. The minimum Gasteiger partial charge on any atom is -0.497 e. The van der Waals surface area contributed by atoms with E-state index in [2.05, 4.69) is 29.9 Å². The van der Waals surface area contributed by atoms with E-state index in [4.69, 9.17) is 18.9 Å². The number of nitrogens with zero attached hydrogens (tertiary/aromatic N) is 6. The average molecular weight is 767 g/mol. The van der Waals surface area contributed by atoms with Gasteiger partial charge in [-0.05, 0) is 74.0 Å². The first-order valence-corrected chi connectivity index (χ1v) is 17.4. The SMILES string of the molecule is COc1ccc2[n-]c([S@@](=O)Cc3ncc(C)c(OC)c3C)nc2c1.COc1ccc2[n-]c([S@@](=O)Cc3ncc(C)c(OC)c3C)nc2c1.O.O.O.[Mg+2]. The average Bonchev–Trinajstić information content (AvgIpc) is 3.72. The molecule has 0 fully saturated rings. The summed E-state index contributed by atoms with van der Waals surface area (Å²) >= 11 is 0. The van der Waals surface area contributed by atoms with Crippen LogP contribution in [0.4, 0.5) is 0 Å². The third-order valence-electron chi connectivity index (χ3n) is 7.67. The molecule has 2 atom stereocenters. The molecule has 0 aliphatic carbocycles. The molecule has 0 bridgehead atoms. The zero-order valence-corrected chi connectivity index (χ0v) is 33.2. The van der Waals surface area contributed by atoms with E-state index in [1.54, 1.807) is 77.2 Å². The molecule has 0 spiro atoms. The van der Waals surface area contributed by atoms with E-state index in [9.17, 15) is 8.42 Å². The molecule has 52 heavy (non-hydrogen) atoms. The summed E-state index contributed by atoms with van der Waals surface area (Å²) in [5.74, 6) is 3.43. The Bertz CT molecular complexity index is 2010. The number of methoxy groups -OCH3 is 4. The number of ether oxygens (including phenoxy) is 4. The van der Waals surface area contributed by atoms with Crippen LogP contribution in [0.25, 0.3) is 22.1 Å². The molecule has 4 heterocycles. The van der Waals surface area contributed by atoms with E-state index in [0.29, 0.717) is 43.9 Å². The van der Waals surface area contributed by atoms with E-state index in [1.165, 1.54) is 0 Å². The Morgan fingerprint density at radius 1 is 0.596 bits per heavy atom. The van der Waals surface area contributed by atoms with Gasteiger partial charge >= 0.3 is 23.1 Å². The van der Waals surface area contributed by atoms with Crippen LogP contribution in [0.1, 0.15) is 33.6 Å². The van der Waals surface area contributed by atoms with Gasteiger partial charge in [-0.15, -0.1) is 0 Å². The number of pyridine rings is 2. The molecule has 6 rings (SSSR count). The Hall–Kier alpha value is -4.17. The summed E-state index contributed by atoms with van der Waals surface area (Å²) < 4.78 is 46.4. The smallest absolute Gasteiger partial charge is 0.497 e. The van der Waals surface area contributed by atoms with Crippen molar-refractivity contribution in [1.82, 2.24) is 29.9 Å². The molecule has 2 aromatic carbocycles. The van der Waals surface area contributed by atoms with Crippen molar-refractivity contribution < 1.29 is 43.8 Å². The second-order valence-corrected chi connectivity index (χ2v) is 13.5. The molecule has 0 radical (unpaired) electrons. The summed E-state index contributed by atoms with van der Waals surface area (Å²) in [4.78, 5) is 26.2. The van der Waals surface area contributed by atoms with Crippen LogP contribution in [-0.4, -0.2) is 96.3 Å². The van der Waals surface area contributed by atoms with E-state index in [1.807, 2.05) is 27.7 Å². The first-order chi connectivity index (χ1) is 23.1. The number of hydrogen-bond acceptors (Lipinski definition) is 10. The second kappa shape index (κ2) is 20.2. The van der Waals surface area contributed by atoms with Crippen LogP contribution in [0.5, 0.6) is 23.0 Å². The van der Waals surface area contributed by atoms with Gasteiger partial charge in [0.25, 0.3) is 0 Å². The number of imidazole rings is 2. The van der Waals surface area contributed by atoms with Crippen molar-refractivity contribution in [2.45, 2.75) is 49.5 Å². The van der Waals surface area contributed by atoms with Crippen LogP contribution >= 0.6 is 0 Å². The molecule has 4 aromatic heterocycles. The van der Waals surface area contributed by atoms with Crippen molar-refractivity contribution in [1.29, 1.82) is 0 Å². The summed E-state index contributed by atoms with van der Waals surface area (Å²) in [6, 6.07) is 10.8. The van der Waals surface area contributed by atoms with Gasteiger partial charge in [0.15, 0.2) is 0 Å². The Balaban J connectivity index is 0.000000483. The van der Waals surface area contributed by atoms with Crippen molar-refractivity contribution in [3.05, 3.63) is 82.4 Å². The number of aromatic nitrogens is 6. The third-order valence-corrected chi connectivity index (χ3v) is 9.92. The Morgan fingerprint density at radius 2 is 0.962 bits per heavy atom. The topological polar surface area (TPSA) is 245 Å². The van der Waals surface area contributed by atoms with Gasteiger partial charge in [0.1, 0.15) is 23.0 Å². The van der Waals surface area contributed by atoms with Crippen LogP contribution in [0.15, 0.2) is 59.1 Å². The van der Waals surface area contributed by atoms with Gasteiger partial charge in [-0.1, -0.05) is 12.1 Å². The van der Waals surface area contributed by atoms with Crippen molar-refractivity contribution in [3.63, 3.8) is 0 Å². The fraction of sp³-hybridized carbons (Fsp3) is 0.294. The summed E-state index contributed by atoms with van der Waals surface area (Å²) in [6.45, 7) is 7.69. The van der Waals surface area contributed by atoms with Crippen molar-refractivity contribution in [3.8, 4) is 23.0 Å². The quantitative estimate of drug-likeness (QED) is 0.182. The molecule has 18 heteroatoms. The summed E-state index contributed by atoms with van der Waals surface area (Å²) in [7, 11) is 3.66. The zero-order valence-electron chi connectivity index (χ0n) is 30.2. The van der Waals surface area contributed by atoms with Crippen molar-refractivity contribution in [2.24, 2.45) is 0 Å². The van der Waals surface area contributed by atoms with Gasteiger partial charge in [-0.3, -0.25) is 18.4 Å². The van der Waals surface area contributed by atoms with Gasteiger partial charge in [-0.2, -0.15) is 0 Å². The molecule has 0 aliphatic heterocycles. The number of aryl methyl sites for hydroxylation is 2. The van der Waals surface area contributed by atoms with Gasteiger partial charge in [0, 0.05) is 45.0 Å². The predicted molar refractivity (Wildman–Crippen MR) is 201 cm³/mol. The van der Waals surface area contributed by atoms with Crippen LogP contribution < -0.4 is 28.9 Å². The maximum atomic E-state index is 12.6. The van der Waals surface area contributed by atoms with Crippen LogP contribution in [-0.2, 0) is 33.1 Å². The predicted octanol–water partition coefficient (Wildman–Crippen LogP) is 2.20. The summed E-state index contributed by atoms with van der Waals surface area (Å²) in [5.41, 5.74) is 7.87. The molecule has 276 valence electrons. The van der Waals surface area contributed by atoms with E-state index >= 15 is 0 Å². The first-order valence-electron chi connectivity index (χ1n) is 14.8. The van der Waals surface area contributed by atoms with Gasteiger partial charge in [0.2, 0.25) is 0 Å². The molecule has 0 amide bonds.